The Morgan fingerprint density at radius 2 is 2.29 bits per heavy atom. The second-order valence-electron chi connectivity index (χ2n) is 3.60. The van der Waals surface area contributed by atoms with Gasteiger partial charge in [0.1, 0.15) is 0 Å². The van der Waals surface area contributed by atoms with Crippen molar-refractivity contribution < 1.29 is 4.79 Å². The van der Waals surface area contributed by atoms with Crippen molar-refractivity contribution in [1.82, 2.24) is 10.3 Å². The van der Waals surface area contributed by atoms with Gasteiger partial charge in [-0.05, 0) is 37.1 Å². The van der Waals surface area contributed by atoms with Crippen molar-refractivity contribution >= 4 is 30.0 Å². The Morgan fingerprint density at radius 1 is 1.53 bits per heavy atom. The van der Waals surface area contributed by atoms with E-state index in [1.165, 1.54) is 10.8 Å². The van der Waals surface area contributed by atoms with Gasteiger partial charge in [0.05, 0.1) is 0 Å². The molecule has 0 aliphatic heterocycles. The lowest BCUT2D eigenvalue weighted by Gasteiger charge is -1.98. The SMILES string of the molecule is C\C=C/C=c1/[nH]cc(CCNC(=O)S)/c1=C/C. The van der Waals surface area contributed by atoms with Crippen molar-refractivity contribution in [3.05, 3.63) is 34.5 Å². The van der Waals surface area contributed by atoms with E-state index in [0.717, 1.165) is 11.8 Å². The molecule has 92 valence electrons. The van der Waals surface area contributed by atoms with Gasteiger partial charge in [-0.3, -0.25) is 4.79 Å². The maximum atomic E-state index is 10.7. The Labute approximate surface area is 107 Å². The van der Waals surface area contributed by atoms with Gasteiger partial charge in [0, 0.05) is 18.1 Å². The molecule has 0 spiro atoms. The Bertz CT molecular complexity index is 514. The second kappa shape index (κ2) is 7.01. The third-order valence-electron chi connectivity index (χ3n) is 2.45. The van der Waals surface area contributed by atoms with Crippen LogP contribution in [0.4, 0.5) is 4.79 Å². The van der Waals surface area contributed by atoms with Crippen LogP contribution in [0.3, 0.4) is 0 Å². The summed E-state index contributed by atoms with van der Waals surface area (Å²) in [6.07, 6.45) is 10.9. The lowest BCUT2D eigenvalue weighted by atomic mass is 10.2. The van der Waals surface area contributed by atoms with E-state index in [1.54, 1.807) is 0 Å². The first-order valence-electron chi connectivity index (χ1n) is 5.61. The van der Waals surface area contributed by atoms with Crippen molar-refractivity contribution in [2.24, 2.45) is 0 Å². The number of carbonyl (C=O) groups excluding carboxylic acids is 1. The molecule has 1 rings (SSSR count). The van der Waals surface area contributed by atoms with E-state index in [0.29, 0.717) is 6.54 Å². The highest BCUT2D eigenvalue weighted by atomic mass is 32.1. The second-order valence-corrected chi connectivity index (χ2v) is 4.01. The average Bonchev–Trinajstić information content (AvgIpc) is 2.68. The van der Waals surface area contributed by atoms with Gasteiger partial charge in [-0.25, -0.2) is 0 Å². The fourth-order valence-electron chi connectivity index (χ4n) is 1.68. The molecule has 1 heterocycles. The molecule has 0 atom stereocenters. The van der Waals surface area contributed by atoms with E-state index in [2.05, 4.69) is 29.0 Å². The van der Waals surface area contributed by atoms with Crippen molar-refractivity contribution in [1.29, 1.82) is 0 Å². The van der Waals surface area contributed by atoms with E-state index in [-0.39, 0.29) is 5.24 Å². The Hall–Kier alpha value is -1.42. The van der Waals surface area contributed by atoms with E-state index < -0.39 is 0 Å². The molecule has 1 aromatic rings. The predicted molar refractivity (Wildman–Crippen MR) is 75.5 cm³/mol. The monoisotopic (exact) mass is 250 g/mol. The summed E-state index contributed by atoms with van der Waals surface area (Å²) in [7, 11) is 0. The van der Waals surface area contributed by atoms with Crippen LogP contribution in [0.25, 0.3) is 12.2 Å². The molecule has 0 bridgehead atoms. The van der Waals surface area contributed by atoms with Crippen molar-refractivity contribution in [3.63, 3.8) is 0 Å². The third kappa shape index (κ3) is 4.15. The van der Waals surface area contributed by atoms with Gasteiger partial charge in [-0.2, -0.15) is 0 Å². The molecule has 0 aliphatic carbocycles. The summed E-state index contributed by atoms with van der Waals surface area (Å²) in [6.45, 7) is 4.60. The number of carbonyl (C=O) groups is 1. The Morgan fingerprint density at radius 3 is 2.88 bits per heavy atom. The zero-order valence-electron chi connectivity index (χ0n) is 10.2. The highest BCUT2D eigenvalue weighted by molar-refractivity contribution is 7.96. The molecule has 0 unspecified atom stereocenters. The van der Waals surface area contributed by atoms with E-state index in [9.17, 15) is 4.79 Å². The van der Waals surface area contributed by atoms with Crippen molar-refractivity contribution in [2.45, 2.75) is 20.3 Å². The molecule has 2 N–H and O–H groups in total. The van der Waals surface area contributed by atoms with Crippen LogP contribution in [-0.2, 0) is 6.42 Å². The van der Waals surface area contributed by atoms with Gasteiger partial charge in [0.25, 0.3) is 5.24 Å². The van der Waals surface area contributed by atoms with E-state index in [1.807, 2.05) is 38.3 Å². The Kier molecular flexibility index (Phi) is 5.63. The Balaban J connectivity index is 2.88. The van der Waals surface area contributed by atoms with Crippen LogP contribution in [0.5, 0.6) is 0 Å². The first kappa shape index (κ1) is 13.6. The molecule has 0 aliphatic rings. The number of aromatic nitrogens is 1. The molecule has 0 saturated heterocycles. The standard InChI is InChI=1S/C13H18N2OS/c1-3-5-6-12-11(4-2)10(9-15-12)7-8-14-13(16)17/h3-6,9,15H,7-8H2,1-2H3,(H2,14,16,17)/b5-3-,11-4-,12-6+. The van der Waals surface area contributed by atoms with Crippen LogP contribution in [-0.4, -0.2) is 16.8 Å². The fraction of sp³-hybridized carbons (Fsp3) is 0.308. The summed E-state index contributed by atoms with van der Waals surface area (Å²) < 4.78 is 0. The number of aromatic amines is 1. The molecule has 0 radical (unpaired) electrons. The number of hydrogen-bond donors (Lipinski definition) is 3. The van der Waals surface area contributed by atoms with Crippen LogP contribution >= 0.6 is 12.6 Å². The van der Waals surface area contributed by atoms with Gasteiger partial charge in [0.15, 0.2) is 0 Å². The van der Waals surface area contributed by atoms with Crippen molar-refractivity contribution in [2.75, 3.05) is 6.54 Å². The molecular formula is C13H18N2OS. The van der Waals surface area contributed by atoms with Crippen molar-refractivity contribution in [3.8, 4) is 0 Å². The van der Waals surface area contributed by atoms with Crippen LogP contribution in [0.1, 0.15) is 19.4 Å². The largest absolute Gasteiger partial charge is 0.361 e. The number of hydrogen-bond acceptors (Lipinski definition) is 1. The van der Waals surface area contributed by atoms with Gasteiger partial charge < -0.3 is 10.3 Å². The van der Waals surface area contributed by atoms with Crippen LogP contribution in [0.15, 0.2) is 18.3 Å². The maximum Gasteiger partial charge on any atom is 0.275 e. The summed E-state index contributed by atoms with van der Waals surface area (Å²) >= 11 is 3.66. The minimum Gasteiger partial charge on any atom is -0.361 e. The highest BCUT2D eigenvalue weighted by Crippen LogP contribution is 1.89. The lowest BCUT2D eigenvalue weighted by molar-refractivity contribution is 0.261. The summed E-state index contributed by atoms with van der Waals surface area (Å²) in [5, 5.41) is 4.67. The summed E-state index contributed by atoms with van der Waals surface area (Å²) in [6, 6.07) is 0. The predicted octanol–water partition coefficient (Wildman–Crippen LogP) is 1.35. The van der Waals surface area contributed by atoms with E-state index in [4.69, 9.17) is 0 Å². The maximum absolute atomic E-state index is 10.7. The zero-order chi connectivity index (χ0) is 12.7. The molecule has 0 aromatic carbocycles. The molecule has 0 fully saturated rings. The van der Waals surface area contributed by atoms with Crippen LogP contribution < -0.4 is 15.9 Å². The normalized spacial score (nSPS) is 13.6. The number of rotatable bonds is 4. The van der Waals surface area contributed by atoms with Crippen LogP contribution in [0.2, 0.25) is 0 Å². The van der Waals surface area contributed by atoms with Gasteiger partial charge >= 0.3 is 0 Å². The van der Waals surface area contributed by atoms with E-state index >= 15 is 0 Å². The number of amides is 1. The molecule has 4 heteroatoms. The third-order valence-corrected chi connectivity index (χ3v) is 2.61. The number of H-pyrrole nitrogens is 1. The molecule has 17 heavy (non-hydrogen) atoms. The molecule has 1 aromatic heterocycles. The average molecular weight is 250 g/mol. The lowest BCUT2D eigenvalue weighted by Crippen LogP contribution is -2.27. The smallest absolute Gasteiger partial charge is 0.275 e. The van der Waals surface area contributed by atoms with Gasteiger partial charge in [0.2, 0.25) is 0 Å². The summed E-state index contributed by atoms with van der Waals surface area (Å²) in [5.74, 6) is 0. The number of thiol groups is 1. The minimum absolute atomic E-state index is 0.289. The zero-order valence-corrected chi connectivity index (χ0v) is 11.1. The quantitative estimate of drug-likeness (QED) is 0.694. The molecular weight excluding hydrogens is 232 g/mol. The first-order chi connectivity index (χ1) is 8.19. The summed E-state index contributed by atoms with van der Waals surface area (Å²) in [4.78, 5) is 13.9. The van der Waals surface area contributed by atoms with Gasteiger partial charge in [-0.1, -0.05) is 30.9 Å². The fourth-order valence-corrected chi connectivity index (χ4v) is 1.79. The topological polar surface area (TPSA) is 44.9 Å². The first-order valence-corrected chi connectivity index (χ1v) is 6.06. The van der Waals surface area contributed by atoms with Crippen LogP contribution in [0, 0.1) is 0 Å². The number of nitrogens with one attached hydrogen (secondary N) is 2. The molecule has 3 nitrogen and oxygen atoms in total. The minimum atomic E-state index is -0.289. The number of allylic oxidation sites excluding steroid dienone is 2. The molecule has 0 saturated carbocycles. The highest BCUT2D eigenvalue weighted by Gasteiger charge is 1.99. The molecule has 1 amide bonds. The summed E-state index contributed by atoms with van der Waals surface area (Å²) in [5.41, 5.74) is 1.20. The van der Waals surface area contributed by atoms with Gasteiger partial charge in [-0.15, -0.1) is 0 Å².